The van der Waals surface area contributed by atoms with Crippen molar-refractivity contribution in [1.82, 2.24) is 5.32 Å². The number of carbonyl (C=O) groups excluding carboxylic acids is 3. The van der Waals surface area contributed by atoms with E-state index < -0.39 is 29.7 Å². The monoisotopic (exact) mass is 277 g/mol. The van der Waals surface area contributed by atoms with Gasteiger partial charge in [0.05, 0.1) is 12.4 Å². The number of hydrogen-bond donors (Lipinski definition) is 2. The number of thioether (sulfide) groups is 1. The number of esters is 1. The van der Waals surface area contributed by atoms with Crippen molar-refractivity contribution in [3.63, 3.8) is 0 Å². The summed E-state index contributed by atoms with van der Waals surface area (Å²) in [6.07, 6.45) is 0. The van der Waals surface area contributed by atoms with Crippen LogP contribution in [-0.4, -0.2) is 52.9 Å². The largest absolute Gasteiger partial charge is 0.480 e. The maximum Gasteiger partial charge on any atom is 0.375 e. The summed E-state index contributed by atoms with van der Waals surface area (Å²) in [5.41, 5.74) is 0. The lowest BCUT2D eigenvalue weighted by atomic mass is 10.3. The van der Waals surface area contributed by atoms with Crippen LogP contribution in [0.5, 0.6) is 0 Å². The molecule has 18 heavy (non-hydrogen) atoms. The van der Waals surface area contributed by atoms with E-state index in [9.17, 15) is 19.2 Å². The van der Waals surface area contributed by atoms with E-state index in [1.54, 1.807) is 6.92 Å². The molecule has 0 bridgehead atoms. The first-order valence-electron chi connectivity index (χ1n) is 5.16. The van der Waals surface area contributed by atoms with Crippen molar-refractivity contribution < 1.29 is 29.0 Å². The highest BCUT2D eigenvalue weighted by atomic mass is 32.2. The van der Waals surface area contributed by atoms with E-state index in [1.165, 1.54) is 6.92 Å². The van der Waals surface area contributed by atoms with Crippen molar-refractivity contribution in [2.45, 2.75) is 19.9 Å². The molecule has 0 aliphatic heterocycles. The van der Waals surface area contributed by atoms with Crippen molar-refractivity contribution in [2.24, 2.45) is 0 Å². The maximum atomic E-state index is 11.2. The fraction of sp³-hybridized carbons (Fsp3) is 0.600. The van der Waals surface area contributed by atoms with Crippen LogP contribution in [0.25, 0.3) is 0 Å². The molecule has 7 nitrogen and oxygen atoms in total. The van der Waals surface area contributed by atoms with Crippen molar-refractivity contribution >= 4 is 35.4 Å². The number of Topliss-reactive ketones (excluding diaryl/α,β-unsaturated/α-hetero) is 1. The van der Waals surface area contributed by atoms with Crippen LogP contribution in [0.4, 0.5) is 0 Å². The lowest BCUT2D eigenvalue weighted by molar-refractivity contribution is -0.152. The van der Waals surface area contributed by atoms with Crippen LogP contribution in [0.15, 0.2) is 0 Å². The molecular weight excluding hydrogens is 262 g/mol. The molecule has 0 heterocycles. The predicted molar refractivity (Wildman–Crippen MR) is 64.2 cm³/mol. The second kappa shape index (κ2) is 8.51. The topological polar surface area (TPSA) is 110 Å². The Hall–Kier alpha value is -1.57. The number of aliphatic carboxylic acids is 1. The third-order valence-electron chi connectivity index (χ3n) is 1.70. The molecule has 0 saturated heterocycles. The number of rotatable bonds is 8. The number of ketones is 1. The van der Waals surface area contributed by atoms with Gasteiger partial charge in [-0.1, -0.05) is 0 Å². The van der Waals surface area contributed by atoms with Crippen LogP contribution < -0.4 is 5.32 Å². The molecule has 0 saturated carbocycles. The minimum atomic E-state index is -1.19. The van der Waals surface area contributed by atoms with Gasteiger partial charge in [0.1, 0.15) is 6.04 Å². The Morgan fingerprint density at radius 1 is 1.33 bits per heavy atom. The smallest absolute Gasteiger partial charge is 0.375 e. The molecule has 0 aromatic carbocycles. The standard InChI is InChI=1S/C10H15NO6S/c1-3-17-10(16)8(13)5-18-4-7(9(14)15)11-6(2)12/h7H,3-5H2,1-2H3,(H,11,12)(H,14,15). The van der Waals surface area contributed by atoms with Gasteiger partial charge in [0.2, 0.25) is 11.7 Å². The van der Waals surface area contributed by atoms with Crippen LogP contribution in [0, 0.1) is 0 Å². The van der Waals surface area contributed by atoms with E-state index in [0.29, 0.717) is 0 Å². The molecule has 8 heteroatoms. The highest BCUT2D eigenvalue weighted by molar-refractivity contribution is 8.00. The molecule has 0 spiro atoms. The molecule has 0 radical (unpaired) electrons. The summed E-state index contributed by atoms with van der Waals surface area (Å²) in [7, 11) is 0. The molecule has 1 amide bonds. The molecule has 0 fully saturated rings. The first-order valence-corrected chi connectivity index (χ1v) is 6.31. The Kier molecular flexibility index (Phi) is 7.77. The van der Waals surface area contributed by atoms with E-state index in [-0.39, 0.29) is 18.1 Å². The van der Waals surface area contributed by atoms with Gasteiger partial charge in [0, 0.05) is 12.7 Å². The number of carboxylic acid groups (broad SMARTS) is 1. The first kappa shape index (κ1) is 16.4. The van der Waals surface area contributed by atoms with E-state index in [2.05, 4.69) is 10.1 Å². The predicted octanol–water partition coefficient (Wildman–Crippen LogP) is -0.559. The third kappa shape index (κ3) is 6.89. The second-order valence-corrected chi connectivity index (χ2v) is 4.28. The van der Waals surface area contributed by atoms with Gasteiger partial charge < -0.3 is 15.2 Å². The van der Waals surface area contributed by atoms with Crippen LogP contribution >= 0.6 is 11.8 Å². The highest BCUT2D eigenvalue weighted by Gasteiger charge is 2.20. The van der Waals surface area contributed by atoms with E-state index in [1.807, 2.05) is 0 Å². The van der Waals surface area contributed by atoms with Gasteiger partial charge in [-0.05, 0) is 6.92 Å². The summed E-state index contributed by atoms with van der Waals surface area (Å²) in [5, 5.41) is 11.0. The fourth-order valence-electron chi connectivity index (χ4n) is 0.960. The third-order valence-corrected chi connectivity index (χ3v) is 2.73. The summed E-state index contributed by atoms with van der Waals surface area (Å²) < 4.78 is 4.49. The number of carbonyl (C=O) groups is 4. The molecule has 1 unspecified atom stereocenters. The van der Waals surface area contributed by atoms with Gasteiger partial charge in [0.25, 0.3) is 0 Å². The van der Waals surface area contributed by atoms with Crippen molar-refractivity contribution in [3.8, 4) is 0 Å². The van der Waals surface area contributed by atoms with Gasteiger partial charge >= 0.3 is 11.9 Å². The number of nitrogens with one attached hydrogen (secondary N) is 1. The van der Waals surface area contributed by atoms with Gasteiger partial charge in [-0.3, -0.25) is 9.59 Å². The van der Waals surface area contributed by atoms with Crippen molar-refractivity contribution in [1.29, 1.82) is 0 Å². The average Bonchev–Trinajstić information content (AvgIpc) is 2.27. The summed E-state index contributed by atoms with van der Waals surface area (Å²) >= 11 is 0.948. The van der Waals surface area contributed by atoms with Gasteiger partial charge in [-0.25, -0.2) is 9.59 Å². The number of hydrogen-bond acceptors (Lipinski definition) is 6. The van der Waals surface area contributed by atoms with Crippen molar-refractivity contribution in [3.05, 3.63) is 0 Å². The number of ether oxygens (including phenoxy) is 1. The molecule has 0 aliphatic carbocycles. The zero-order valence-electron chi connectivity index (χ0n) is 10.1. The summed E-state index contributed by atoms with van der Waals surface area (Å²) in [5.74, 6) is -3.51. The minimum Gasteiger partial charge on any atom is -0.480 e. The van der Waals surface area contributed by atoms with Crippen LogP contribution in [0.1, 0.15) is 13.8 Å². The Morgan fingerprint density at radius 3 is 2.39 bits per heavy atom. The lowest BCUT2D eigenvalue weighted by Crippen LogP contribution is -2.41. The van der Waals surface area contributed by atoms with E-state index in [4.69, 9.17) is 5.11 Å². The quantitative estimate of drug-likeness (QED) is 0.452. The Bertz CT molecular complexity index is 343. The molecular formula is C10H15NO6S. The van der Waals surface area contributed by atoms with Gasteiger partial charge in [0.15, 0.2) is 0 Å². The Balaban J connectivity index is 4.06. The van der Waals surface area contributed by atoms with E-state index in [0.717, 1.165) is 11.8 Å². The zero-order chi connectivity index (χ0) is 14.1. The molecule has 0 aromatic rings. The fourth-order valence-corrected chi connectivity index (χ4v) is 1.84. The maximum absolute atomic E-state index is 11.2. The van der Waals surface area contributed by atoms with Gasteiger partial charge in [-0.2, -0.15) is 11.8 Å². The molecule has 0 aromatic heterocycles. The normalized spacial score (nSPS) is 11.4. The summed E-state index contributed by atoms with van der Waals surface area (Å²) in [6, 6.07) is -1.08. The molecule has 1 atom stereocenters. The zero-order valence-corrected chi connectivity index (χ0v) is 10.9. The molecule has 0 rings (SSSR count). The van der Waals surface area contributed by atoms with Gasteiger partial charge in [-0.15, -0.1) is 0 Å². The lowest BCUT2D eigenvalue weighted by Gasteiger charge is -2.12. The summed E-state index contributed by atoms with van der Waals surface area (Å²) in [4.78, 5) is 43.6. The van der Waals surface area contributed by atoms with E-state index >= 15 is 0 Å². The van der Waals surface area contributed by atoms with Crippen LogP contribution in [0.3, 0.4) is 0 Å². The average molecular weight is 277 g/mol. The Labute approximate surface area is 108 Å². The SMILES string of the molecule is CCOC(=O)C(=O)CSCC(NC(C)=O)C(=O)O. The first-order chi connectivity index (χ1) is 8.38. The number of amides is 1. The van der Waals surface area contributed by atoms with Crippen LogP contribution in [-0.2, 0) is 23.9 Å². The van der Waals surface area contributed by atoms with Crippen molar-refractivity contribution in [2.75, 3.05) is 18.1 Å². The summed E-state index contributed by atoms with van der Waals surface area (Å²) in [6.45, 7) is 2.89. The Morgan fingerprint density at radius 2 is 1.94 bits per heavy atom. The number of carboxylic acids is 1. The molecule has 2 N–H and O–H groups in total. The van der Waals surface area contributed by atoms with Crippen LogP contribution in [0.2, 0.25) is 0 Å². The highest BCUT2D eigenvalue weighted by Crippen LogP contribution is 2.04. The molecule has 102 valence electrons. The second-order valence-electron chi connectivity index (χ2n) is 3.25. The molecule has 0 aliphatic rings. The minimum absolute atomic E-state index is 0.0000579.